The second-order valence-corrected chi connectivity index (χ2v) is 19.0. The lowest BCUT2D eigenvalue weighted by molar-refractivity contribution is -0.318. The second-order valence-electron chi connectivity index (χ2n) is 19.0. The van der Waals surface area contributed by atoms with E-state index in [-0.39, 0.29) is 43.7 Å². The normalized spacial score (nSPS) is 44.5. The number of aliphatic hydroxyl groups excluding tert-OH is 3. The zero-order chi connectivity index (χ0) is 45.5. The number of amides is 1. The quantitative estimate of drug-likeness (QED) is 0.0958. The van der Waals surface area contributed by atoms with Gasteiger partial charge in [-0.05, 0) is 107 Å². The van der Waals surface area contributed by atoms with Crippen molar-refractivity contribution in [1.82, 2.24) is 15.1 Å². The Morgan fingerprint density at radius 3 is 2.22 bits per heavy atom. The Hall–Kier alpha value is -1.58. The molecular weight excluding hydrogens is 780 g/mol. The Morgan fingerprint density at radius 2 is 1.63 bits per heavy atom. The average molecular weight is 863 g/mol. The van der Waals surface area contributed by atoms with E-state index in [0.29, 0.717) is 39.0 Å². The predicted molar refractivity (Wildman–Crippen MR) is 224 cm³/mol. The molecule has 3 aliphatic rings. The Morgan fingerprint density at radius 1 is 0.983 bits per heavy atom. The number of rotatable bonds is 14. The first-order valence-corrected chi connectivity index (χ1v) is 22.1. The lowest BCUT2D eigenvalue weighted by Crippen LogP contribution is -2.60. The van der Waals surface area contributed by atoms with Crippen molar-refractivity contribution in [3.63, 3.8) is 0 Å². The third-order valence-corrected chi connectivity index (χ3v) is 13.4. The summed E-state index contributed by atoms with van der Waals surface area (Å²) in [6, 6.07) is -0.927. The lowest BCUT2D eigenvalue weighted by atomic mass is 9.77. The number of nitrogens with one attached hydrogen (secondary N) is 1. The van der Waals surface area contributed by atoms with Crippen LogP contribution >= 0.6 is 0 Å². The maximum atomic E-state index is 14.4. The van der Waals surface area contributed by atoms with E-state index in [2.05, 4.69) is 10.2 Å². The van der Waals surface area contributed by atoms with Gasteiger partial charge in [0.25, 0.3) is 0 Å². The summed E-state index contributed by atoms with van der Waals surface area (Å²) in [6.07, 6.45) is -7.92. The van der Waals surface area contributed by atoms with Gasteiger partial charge in [0.2, 0.25) is 5.91 Å². The molecule has 3 heterocycles. The molecule has 60 heavy (non-hydrogen) atoms. The molecule has 0 radical (unpaired) electrons. The first-order chi connectivity index (χ1) is 27.8. The molecule has 0 spiro atoms. The third kappa shape index (κ3) is 13.2. The van der Waals surface area contributed by atoms with Crippen LogP contribution in [0.1, 0.15) is 108 Å². The van der Waals surface area contributed by atoms with Gasteiger partial charge in [-0.2, -0.15) is 0 Å². The van der Waals surface area contributed by atoms with Crippen LogP contribution in [0.25, 0.3) is 0 Å². The molecule has 1 amide bonds. The molecule has 0 unspecified atom stereocenters. The SMILES string of the molecule is CC[C@H]1OC(=O)[C@H](C)[C@@H](O[C@H]2C[C@@](C)(OC)[C@@H](O)[C@H](C)O2)[C@H](C)[C@@H](O[C@@H]2O[C@H](C)C[C@H](N(C)C)[C@H]2O)[C@](C)(O)C[C@@H](C)CN(CCCNCCC(N)=O)[C@H](C)[C@@H](O)[C@]1(C)O. The molecule has 3 rings (SSSR count). The summed E-state index contributed by atoms with van der Waals surface area (Å²) in [5.74, 6) is -3.18. The highest BCUT2D eigenvalue weighted by atomic mass is 16.7. The van der Waals surface area contributed by atoms with Crippen molar-refractivity contribution in [2.24, 2.45) is 23.5 Å². The summed E-state index contributed by atoms with van der Waals surface area (Å²) < 4.78 is 37.9. The van der Waals surface area contributed by atoms with E-state index >= 15 is 0 Å². The second kappa shape index (κ2) is 22.4. The molecule has 18 atom stereocenters. The zero-order valence-corrected chi connectivity index (χ0v) is 38.7. The van der Waals surface area contributed by atoms with Gasteiger partial charge in [0.1, 0.15) is 30.0 Å². The average Bonchev–Trinajstić information content (AvgIpc) is 3.16. The van der Waals surface area contributed by atoms with E-state index in [4.69, 9.17) is 34.2 Å². The van der Waals surface area contributed by atoms with E-state index in [1.54, 1.807) is 34.6 Å². The fraction of sp³-hybridized carbons (Fsp3) is 0.953. The standard InChI is InChI=1S/C43H82N4O13/c1-14-31-43(10,54)36(50)28(6)47(19-15-17-45-18-16-32(44)48)23-24(2)21-41(8,53)38(60-40-34(49)30(46(11)12)20-25(3)56-40)26(4)35(27(5)39(52)58-31)59-33-22-42(9,55-13)37(51)29(7)57-33/h24-31,33-38,40,45,49-51,53-54H,14-23H2,1-13H3,(H2,44,48)/t24-,25-,26+,27-,28-,29+,30+,31-,33+,34-,35+,36-,37+,38-,40+,41-,42-,43-/m1/s1. The molecule has 0 aromatic heterocycles. The van der Waals surface area contributed by atoms with Crippen molar-refractivity contribution in [3.05, 3.63) is 0 Å². The molecule has 17 nitrogen and oxygen atoms in total. The highest BCUT2D eigenvalue weighted by Crippen LogP contribution is 2.40. The summed E-state index contributed by atoms with van der Waals surface area (Å²) in [5.41, 5.74) is 0.752. The van der Waals surface area contributed by atoms with Crippen molar-refractivity contribution in [3.8, 4) is 0 Å². The Balaban J connectivity index is 2.15. The highest BCUT2D eigenvalue weighted by Gasteiger charge is 2.53. The molecule has 0 saturated carbocycles. The van der Waals surface area contributed by atoms with Crippen LogP contribution in [0.2, 0.25) is 0 Å². The maximum Gasteiger partial charge on any atom is 0.311 e. The molecule has 0 bridgehead atoms. The van der Waals surface area contributed by atoms with Crippen LogP contribution in [-0.2, 0) is 38.0 Å². The summed E-state index contributed by atoms with van der Waals surface area (Å²) in [6.45, 7) is 19.4. The summed E-state index contributed by atoms with van der Waals surface area (Å²) in [7, 11) is 5.26. The minimum absolute atomic E-state index is 0.109. The van der Waals surface area contributed by atoms with Gasteiger partial charge in [0, 0.05) is 51.0 Å². The van der Waals surface area contributed by atoms with Crippen LogP contribution in [0.15, 0.2) is 0 Å². The van der Waals surface area contributed by atoms with E-state index in [1.807, 2.05) is 46.7 Å². The predicted octanol–water partition coefficient (Wildman–Crippen LogP) is 1.13. The van der Waals surface area contributed by atoms with Crippen molar-refractivity contribution >= 4 is 11.9 Å². The maximum absolute atomic E-state index is 14.4. The number of ether oxygens (including phenoxy) is 6. The van der Waals surface area contributed by atoms with Crippen molar-refractivity contribution < 1.29 is 63.5 Å². The highest BCUT2D eigenvalue weighted by molar-refractivity contribution is 5.74. The minimum Gasteiger partial charge on any atom is -0.459 e. The van der Waals surface area contributed by atoms with E-state index in [1.165, 1.54) is 14.0 Å². The first kappa shape index (κ1) is 52.8. The molecular formula is C43H82N4O13. The van der Waals surface area contributed by atoms with Gasteiger partial charge in [0.05, 0.1) is 41.5 Å². The first-order valence-electron chi connectivity index (χ1n) is 22.1. The fourth-order valence-corrected chi connectivity index (χ4v) is 9.64. The summed E-state index contributed by atoms with van der Waals surface area (Å²) >= 11 is 0. The van der Waals surface area contributed by atoms with Crippen LogP contribution in [0.4, 0.5) is 0 Å². The fourth-order valence-electron chi connectivity index (χ4n) is 9.64. The number of primary amides is 1. The molecule has 3 aliphatic heterocycles. The van der Waals surface area contributed by atoms with Gasteiger partial charge < -0.3 is 69.9 Å². The smallest absolute Gasteiger partial charge is 0.311 e. The molecule has 0 aromatic carbocycles. The molecule has 8 N–H and O–H groups in total. The van der Waals surface area contributed by atoms with Crippen LogP contribution in [0, 0.1) is 17.8 Å². The molecule has 0 aromatic rings. The van der Waals surface area contributed by atoms with Crippen LogP contribution in [0.5, 0.6) is 0 Å². The summed E-state index contributed by atoms with van der Waals surface area (Å²) in [5, 5.41) is 62.6. The van der Waals surface area contributed by atoms with Crippen molar-refractivity contribution in [2.75, 3.05) is 47.4 Å². The Kier molecular flexibility index (Phi) is 19.7. The number of aliphatic hydroxyl groups is 5. The topological polar surface area (TPSA) is 235 Å². The number of nitrogens with two attached hydrogens (primary N) is 1. The number of esters is 1. The van der Waals surface area contributed by atoms with E-state index < -0.39 is 102 Å². The third-order valence-electron chi connectivity index (χ3n) is 13.4. The van der Waals surface area contributed by atoms with E-state index in [0.717, 1.165) is 0 Å². The number of hydrogen-bond acceptors (Lipinski definition) is 16. The van der Waals surface area contributed by atoms with Crippen LogP contribution < -0.4 is 11.1 Å². The summed E-state index contributed by atoms with van der Waals surface area (Å²) in [4.78, 5) is 29.7. The number of carbonyl (C=O) groups is 2. The molecule has 3 fully saturated rings. The largest absolute Gasteiger partial charge is 0.459 e. The Bertz CT molecular complexity index is 1340. The Labute approximate surface area is 358 Å². The van der Waals surface area contributed by atoms with Gasteiger partial charge in [-0.15, -0.1) is 0 Å². The number of hydrogen-bond donors (Lipinski definition) is 7. The number of methoxy groups -OCH3 is 1. The van der Waals surface area contributed by atoms with Gasteiger partial charge in [0.15, 0.2) is 12.6 Å². The van der Waals surface area contributed by atoms with Crippen molar-refractivity contribution in [1.29, 1.82) is 0 Å². The lowest BCUT2D eigenvalue weighted by Gasteiger charge is -2.48. The van der Waals surface area contributed by atoms with Crippen LogP contribution in [-0.4, -0.2) is 185 Å². The van der Waals surface area contributed by atoms with Crippen LogP contribution in [0.3, 0.4) is 0 Å². The molecule has 17 heteroatoms. The number of nitrogens with zero attached hydrogens (tertiary/aromatic N) is 2. The van der Waals surface area contributed by atoms with Gasteiger partial charge in [-0.3, -0.25) is 14.5 Å². The van der Waals surface area contributed by atoms with Gasteiger partial charge in [-0.1, -0.05) is 20.8 Å². The number of cyclic esters (lactones) is 1. The zero-order valence-electron chi connectivity index (χ0n) is 38.7. The van der Waals surface area contributed by atoms with Gasteiger partial charge in [-0.25, -0.2) is 0 Å². The van der Waals surface area contributed by atoms with Crippen molar-refractivity contribution in [2.45, 2.75) is 198 Å². The minimum atomic E-state index is -1.88. The molecule has 352 valence electrons. The molecule has 0 aliphatic carbocycles. The monoisotopic (exact) mass is 863 g/mol. The van der Waals surface area contributed by atoms with E-state index in [9.17, 15) is 35.1 Å². The molecule has 3 saturated heterocycles. The number of likely N-dealkylation sites (N-methyl/N-ethyl adjacent to an activating group) is 1. The number of carbonyl (C=O) groups excluding carboxylic acids is 2. The van der Waals surface area contributed by atoms with Gasteiger partial charge >= 0.3 is 5.97 Å².